The molecule has 1 aromatic carbocycles. The van der Waals surface area contributed by atoms with Gasteiger partial charge in [-0.05, 0) is 38.5 Å². The van der Waals surface area contributed by atoms with Crippen LogP contribution in [0.15, 0.2) is 29.3 Å². The van der Waals surface area contributed by atoms with Gasteiger partial charge in [-0.25, -0.2) is 0 Å². The van der Waals surface area contributed by atoms with Crippen LogP contribution in [0.1, 0.15) is 26.3 Å². The Kier molecular flexibility index (Phi) is 9.36. The lowest BCUT2D eigenvalue weighted by atomic mass is 10.1. The first-order chi connectivity index (χ1) is 9.40. The number of nitrogens with two attached hydrogens (primary N) is 1. The van der Waals surface area contributed by atoms with E-state index in [1.165, 1.54) is 0 Å². The smallest absolute Gasteiger partial charge is 0.189 e. The second kappa shape index (κ2) is 9.83. The van der Waals surface area contributed by atoms with Crippen LogP contribution in [0, 0.1) is 0 Å². The number of guanidine groups is 1. The van der Waals surface area contributed by atoms with Crippen molar-refractivity contribution in [1.29, 1.82) is 0 Å². The van der Waals surface area contributed by atoms with Gasteiger partial charge in [-0.15, -0.1) is 24.0 Å². The fraction of sp³-hybridized carbons (Fsp3) is 0.533. The van der Waals surface area contributed by atoms with Gasteiger partial charge in [0.2, 0.25) is 0 Å². The summed E-state index contributed by atoms with van der Waals surface area (Å²) in [7, 11) is 1.65. The molecular formula is C15H26IN3O2. The SMILES string of the molecule is COc1ccc(COCCN=C(N)NC(C)(C)C)cc1.I. The van der Waals surface area contributed by atoms with Crippen LogP contribution >= 0.6 is 24.0 Å². The Hall–Kier alpha value is -1.02. The highest BCUT2D eigenvalue weighted by Gasteiger charge is 2.09. The number of methoxy groups -OCH3 is 1. The van der Waals surface area contributed by atoms with Crippen molar-refractivity contribution in [3.05, 3.63) is 29.8 Å². The van der Waals surface area contributed by atoms with E-state index in [1.807, 2.05) is 45.0 Å². The molecule has 1 aromatic rings. The summed E-state index contributed by atoms with van der Waals surface area (Å²) in [6.45, 7) is 7.76. The van der Waals surface area contributed by atoms with E-state index in [2.05, 4.69) is 10.3 Å². The largest absolute Gasteiger partial charge is 0.497 e. The number of nitrogens with one attached hydrogen (secondary N) is 1. The van der Waals surface area contributed by atoms with Crippen molar-refractivity contribution in [2.45, 2.75) is 32.9 Å². The molecule has 5 nitrogen and oxygen atoms in total. The molecule has 1 rings (SSSR count). The highest BCUT2D eigenvalue weighted by molar-refractivity contribution is 14.0. The monoisotopic (exact) mass is 407 g/mol. The molecule has 0 aromatic heterocycles. The third-order valence-electron chi connectivity index (χ3n) is 2.45. The summed E-state index contributed by atoms with van der Waals surface area (Å²) in [6, 6.07) is 7.80. The number of rotatable bonds is 6. The summed E-state index contributed by atoms with van der Waals surface area (Å²) >= 11 is 0. The minimum absolute atomic E-state index is 0. The van der Waals surface area contributed by atoms with Gasteiger partial charge in [-0.1, -0.05) is 12.1 Å². The maximum absolute atomic E-state index is 5.75. The average Bonchev–Trinajstić information content (AvgIpc) is 2.37. The predicted octanol–water partition coefficient (Wildman–Crippen LogP) is 2.53. The summed E-state index contributed by atoms with van der Waals surface area (Å²) in [5.74, 6) is 1.30. The van der Waals surface area contributed by atoms with Crippen LogP contribution in [-0.2, 0) is 11.3 Å². The lowest BCUT2D eigenvalue weighted by Gasteiger charge is -2.20. The van der Waals surface area contributed by atoms with Crippen LogP contribution in [0.5, 0.6) is 5.75 Å². The highest BCUT2D eigenvalue weighted by Crippen LogP contribution is 2.11. The first kappa shape index (κ1) is 20.0. The Morgan fingerprint density at radius 1 is 1.24 bits per heavy atom. The molecule has 0 radical (unpaired) electrons. The van der Waals surface area contributed by atoms with Crippen LogP contribution in [0.4, 0.5) is 0 Å². The van der Waals surface area contributed by atoms with Gasteiger partial charge in [-0.2, -0.15) is 0 Å². The van der Waals surface area contributed by atoms with Crippen LogP contribution in [0.25, 0.3) is 0 Å². The van der Waals surface area contributed by atoms with Crippen LogP contribution in [-0.4, -0.2) is 31.8 Å². The molecule has 0 bridgehead atoms. The summed E-state index contributed by atoms with van der Waals surface area (Å²) < 4.78 is 10.6. The van der Waals surface area contributed by atoms with Crippen molar-refractivity contribution >= 4 is 29.9 Å². The van der Waals surface area contributed by atoms with Gasteiger partial charge in [0, 0.05) is 5.54 Å². The van der Waals surface area contributed by atoms with E-state index >= 15 is 0 Å². The van der Waals surface area contributed by atoms with Gasteiger partial charge in [0.1, 0.15) is 5.75 Å². The van der Waals surface area contributed by atoms with Crippen molar-refractivity contribution in [2.24, 2.45) is 10.7 Å². The Bertz CT molecular complexity index is 428. The fourth-order valence-corrected chi connectivity index (χ4v) is 1.57. The summed E-state index contributed by atoms with van der Waals surface area (Å²) in [4.78, 5) is 4.21. The minimum Gasteiger partial charge on any atom is -0.497 e. The highest BCUT2D eigenvalue weighted by atomic mass is 127. The van der Waals surface area contributed by atoms with Crippen LogP contribution in [0.2, 0.25) is 0 Å². The number of halogens is 1. The van der Waals surface area contributed by atoms with E-state index in [9.17, 15) is 0 Å². The molecule has 21 heavy (non-hydrogen) atoms. The number of hydrogen-bond acceptors (Lipinski definition) is 3. The topological polar surface area (TPSA) is 68.9 Å². The van der Waals surface area contributed by atoms with Crippen molar-refractivity contribution in [2.75, 3.05) is 20.3 Å². The standard InChI is InChI=1S/C15H25N3O2.HI/c1-15(2,3)18-14(16)17-9-10-20-11-12-5-7-13(19-4)8-6-12;/h5-8H,9-11H2,1-4H3,(H3,16,17,18);1H. The summed E-state index contributed by atoms with van der Waals surface area (Å²) in [6.07, 6.45) is 0. The maximum Gasteiger partial charge on any atom is 0.189 e. The first-order valence-corrected chi connectivity index (χ1v) is 6.69. The van der Waals surface area contributed by atoms with Gasteiger partial charge >= 0.3 is 0 Å². The molecule has 0 saturated heterocycles. The number of ether oxygens (including phenoxy) is 2. The van der Waals surface area contributed by atoms with Gasteiger partial charge < -0.3 is 20.5 Å². The minimum atomic E-state index is -0.0719. The summed E-state index contributed by atoms with van der Waals surface area (Å²) in [5.41, 5.74) is 6.79. The van der Waals surface area contributed by atoms with Crippen molar-refractivity contribution < 1.29 is 9.47 Å². The molecule has 6 heteroatoms. The lowest BCUT2D eigenvalue weighted by Crippen LogP contribution is -2.45. The third-order valence-corrected chi connectivity index (χ3v) is 2.45. The van der Waals surface area contributed by atoms with Gasteiger partial charge in [0.15, 0.2) is 5.96 Å². The normalized spacial score (nSPS) is 11.7. The van der Waals surface area contributed by atoms with Gasteiger partial charge in [0.05, 0.1) is 26.9 Å². The van der Waals surface area contributed by atoms with E-state index in [4.69, 9.17) is 15.2 Å². The molecule has 0 aliphatic carbocycles. The van der Waals surface area contributed by atoms with E-state index < -0.39 is 0 Å². The van der Waals surface area contributed by atoms with Crippen molar-refractivity contribution in [1.82, 2.24) is 5.32 Å². The number of aliphatic imine (C=N–C) groups is 1. The molecule has 0 amide bonds. The number of nitrogens with zero attached hydrogens (tertiary/aromatic N) is 1. The zero-order valence-electron chi connectivity index (χ0n) is 13.2. The Morgan fingerprint density at radius 2 is 1.86 bits per heavy atom. The maximum atomic E-state index is 5.75. The quantitative estimate of drug-likeness (QED) is 0.329. The molecule has 120 valence electrons. The second-order valence-corrected chi connectivity index (χ2v) is 5.54. The molecule has 0 spiro atoms. The predicted molar refractivity (Wildman–Crippen MR) is 97.4 cm³/mol. The molecule has 0 heterocycles. The second-order valence-electron chi connectivity index (χ2n) is 5.54. The molecule has 0 unspecified atom stereocenters. The van der Waals surface area contributed by atoms with Crippen molar-refractivity contribution in [3.63, 3.8) is 0 Å². The number of benzene rings is 1. The Labute approximate surface area is 144 Å². The molecular weight excluding hydrogens is 381 g/mol. The molecule has 0 aliphatic rings. The van der Waals surface area contributed by atoms with Gasteiger partial charge in [0.25, 0.3) is 0 Å². The van der Waals surface area contributed by atoms with E-state index in [0.29, 0.717) is 25.7 Å². The zero-order chi connectivity index (χ0) is 15.0. The van der Waals surface area contributed by atoms with E-state index in [1.54, 1.807) is 7.11 Å². The van der Waals surface area contributed by atoms with Crippen molar-refractivity contribution in [3.8, 4) is 5.75 Å². The lowest BCUT2D eigenvalue weighted by molar-refractivity contribution is 0.128. The molecule has 0 fully saturated rings. The van der Waals surface area contributed by atoms with Crippen LogP contribution < -0.4 is 15.8 Å². The van der Waals surface area contributed by atoms with E-state index in [0.717, 1.165) is 11.3 Å². The fourth-order valence-electron chi connectivity index (χ4n) is 1.57. The van der Waals surface area contributed by atoms with Gasteiger partial charge in [-0.3, -0.25) is 4.99 Å². The first-order valence-electron chi connectivity index (χ1n) is 6.69. The zero-order valence-corrected chi connectivity index (χ0v) is 15.5. The molecule has 0 saturated carbocycles. The average molecular weight is 407 g/mol. The molecule has 0 aliphatic heterocycles. The van der Waals surface area contributed by atoms with E-state index in [-0.39, 0.29) is 29.5 Å². The Morgan fingerprint density at radius 3 is 2.38 bits per heavy atom. The molecule has 3 N–H and O–H groups in total. The number of hydrogen-bond donors (Lipinski definition) is 2. The molecule has 0 atom stereocenters. The third kappa shape index (κ3) is 9.52. The van der Waals surface area contributed by atoms with Crippen LogP contribution in [0.3, 0.4) is 0 Å². The summed E-state index contributed by atoms with van der Waals surface area (Å²) in [5, 5.41) is 3.10. The Balaban J connectivity index is 0.00000400.